The van der Waals surface area contributed by atoms with Crippen molar-refractivity contribution in [3.8, 4) is 17.2 Å². The van der Waals surface area contributed by atoms with Crippen molar-refractivity contribution in [1.82, 2.24) is 9.97 Å². The summed E-state index contributed by atoms with van der Waals surface area (Å²) in [7, 11) is 1.22. The minimum atomic E-state index is -4.97. The Hall–Kier alpha value is -4.94. The number of anilines is 3. The molecule has 0 atom stereocenters. The van der Waals surface area contributed by atoms with E-state index in [0.717, 1.165) is 11.0 Å². The fraction of sp³-hybridized carbons (Fsp3) is 0.0870. The van der Waals surface area contributed by atoms with Gasteiger partial charge in [-0.25, -0.2) is 14.6 Å². The number of imidazole rings is 1. The van der Waals surface area contributed by atoms with Gasteiger partial charge in [-0.05, 0) is 36.4 Å². The van der Waals surface area contributed by atoms with Crippen molar-refractivity contribution in [3.05, 3.63) is 66.7 Å². The predicted molar refractivity (Wildman–Crippen MR) is 123 cm³/mol. The number of aromatic amines is 1. The monoisotopic (exact) mass is 501 g/mol. The van der Waals surface area contributed by atoms with Crippen LogP contribution in [-0.2, 0) is 4.74 Å². The molecule has 36 heavy (non-hydrogen) atoms. The molecule has 1 heterocycles. The number of nitrogens with two attached hydrogens (primary N) is 1. The van der Waals surface area contributed by atoms with Crippen LogP contribution < -0.4 is 25.4 Å². The lowest BCUT2D eigenvalue weighted by atomic mass is 10.2. The highest BCUT2D eigenvalue weighted by Gasteiger charge is 2.33. The Morgan fingerprint density at radius 2 is 1.78 bits per heavy atom. The van der Waals surface area contributed by atoms with Gasteiger partial charge in [0.2, 0.25) is 5.95 Å². The Labute approximate surface area is 201 Å². The van der Waals surface area contributed by atoms with Crippen LogP contribution in [0.4, 0.5) is 40.1 Å². The van der Waals surface area contributed by atoms with Crippen molar-refractivity contribution < 1.29 is 37.0 Å². The Bertz CT molecular complexity index is 1420. The molecule has 0 fully saturated rings. The van der Waals surface area contributed by atoms with E-state index in [1.54, 1.807) is 30.3 Å². The number of ether oxygens (including phenoxy) is 3. The second kappa shape index (κ2) is 9.74. The number of primary amides is 1. The van der Waals surface area contributed by atoms with E-state index < -0.39 is 24.2 Å². The van der Waals surface area contributed by atoms with Gasteiger partial charge >= 0.3 is 18.5 Å². The second-order valence-electron chi connectivity index (χ2n) is 7.17. The standard InChI is InChI=1S/C23H18F3N5O5/c1-34-22(33)30-21-28-16-10-9-15(12-17(16)29-21)35-14-6-4-5-13(11-14)31(20(27)32)18-7-2-3-8-19(18)36-23(24,25)26/h2-12H,1H3,(H2,27,32)(H2,28,29,30,33). The van der Waals surface area contributed by atoms with E-state index in [1.807, 2.05) is 0 Å². The van der Waals surface area contributed by atoms with Gasteiger partial charge in [-0.2, -0.15) is 0 Å². The molecule has 4 rings (SSSR count). The van der Waals surface area contributed by atoms with Crippen molar-refractivity contribution in [2.24, 2.45) is 5.73 Å². The molecular formula is C23H18F3N5O5. The van der Waals surface area contributed by atoms with Crippen LogP contribution in [-0.4, -0.2) is 35.6 Å². The number of nitrogens with zero attached hydrogens (tertiary/aromatic N) is 2. The smallest absolute Gasteiger partial charge is 0.457 e. The van der Waals surface area contributed by atoms with Gasteiger partial charge in [0.25, 0.3) is 0 Å². The van der Waals surface area contributed by atoms with Crippen LogP contribution in [0.5, 0.6) is 17.2 Å². The van der Waals surface area contributed by atoms with Crippen molar-refractivity contribution in [3.63, 3.8) is 0 Å². The van der Waals surface area contributed by atoms with Crippen LogP contribution in [0.2, 0.25) is 0 Å². The Morgan fingerprint density at radius 1 is 1.03 bits per heavy atom. The Balaban J connectivity index is 1.62. The summed E-state index contributed by atoms with van der Waals surface area (Å²) in [4.78, 5) is 31.6. The molecule has 13 heteroatoms. The summed E-state index contributed by atoms with van der Waals surface area (Å²) in [5.74, 6) is 0.211. The number of carbonyl (C=O) groups excluding carboxylic acids is 2. The Kier molecular flexibility index (Phi) is 6.54. The molecule has 0 aliphatic carbocycles. The van der Waals surface area contributed by atoms with E-state index in [2.05, 4.69) is 24.8 Å². The van der Waals surface area contributed by atoms with Crippen LogP contribution in [0.3, 0.4) is 0 Å². The summed E-state index contributed by atoms with van der Waals surface area (Å²) in [5.41, 5.74) is 6.54. The molecule has 186 valence electrons. The van der Waals surface area contributed by atoms with E-state index in [4.69, 9.17) is 10.5 Å². The van der Waals surface area contributed by atoms with Gasteiger partial charge in [-0.1, -0.05) is 18.2 Å². The zero-order chi connectivity index (χ0) is 25.9. The summed E-state index contributed by atoms with van der Waals surface area (Å²) in [6.45, 7) is 0. The minimum absolute atomic E-state index is 0.144. The van der Waals surface area contributed by atoms with E-state index >= 15 is 0 Å². The molecule has 3 amide bonds. The third-order valence-electron chi connectivity index (χ3n) is 4.72. The van der Waals surface area contributed by atoms with Crippen LogP contribution in [0.15, 0.2) is 66.7 Å². The van der Waals surface area contributed by atoms with Crippen molar-refractivity contribution in [1.29, 1.82) is 0 Å². The van der Waals surface area contributed by atoms with Gasteiger partial charge in [-0.3, -0.25) is 10.2 Å². The number of alkyl halides is 3. The minimum Gasteiger partial charge on any atom is -0.457 e. The first-order chi connectivity index (χ1) is 17.1. The maximum Gasteiger partial charge on any atom is 0.573 e. The summed E-state index contributed by atoms with van der Waals surface area (Å²) >= 11 is 0. The molecule has 0 saturated heterocycles. The fourth-order valence-corrected chi connectivity index (χ4v) is 3.32. The van der Waals surface area contributed by atoms with E-state index in [-0.39, 0.29) is 23.1 Å². The lowest BCUT2D eigenvalue weighted by Crippen LogP contribution is -2.32. The highest BCUT2D eigenvalue weighted by Crippen LogP contribution is 2.38. The SMILES string of the molecule is COC(=O)Nc1nc2ccc(Oc3cccc(N(C(N)=O)c4ccccc4OC(F)(F)F)c3)cc2[nH]1. The van der Waals surface area contributed by atoms with Crippen LogP contribution in [0, 0.1) is 0 Å². The highest BCUT2D eigenvalue weighted by atomic mass is 19.4. The van der Waals surface area contributed by atoms with Gasteiger partial charge in [0.05, 0.1) is 29.5 Å². The number of para-hydroxylation sites is 2. The number of nitrogens with one attached hydrogen (secondary N) is 2. The number of hydrogen-bond donors (Lipinski definition) is 3. The molecule has 4 aromatic rings. The normalized spacial score (nSPS) is 11.1. The number of hydrogen-bond acceptors (Lipinski definition) is 6. The summed E-state index contributed by atoms with van der Waals surface area (Å²) < 4.78 is 53.1. The third kappa shape index (κ3) is 5.58. The van der Waals surface area contributed by atoms with E-state index in [0.29, 0.717) is 16.8 Å². The van der Waals surface area contributed by atoms with Crippen LogP contribution >= 0.6 is 0 Å². The van der Waals surface area contributed by atoms with Gasteiger partial charge in [0.15, 0.2) is 5.75 Å². The number of urea groups is 1. The molecule has 3 aromatic carbocycles. The summed E-state index contributed by atoms with van der Waals surface area (Å²) in [5, 5.41) is 2.42. The maximum absolute atomic E-state index is 12.9. The number of carbonyl (C=O) groups is 2. The summed E-state index contributed by atoms with van der Waals surface area (Å²) in [6.07, 6.45) is -5.66. The van der Waals surface area contributed by atoms with E-state index in [9.17, 15) is 22.8 Å². The fourth-order valence-electron chi connectivity index (χ4n) is 3.32. The van der Waals surface area contributed by atoms with Crippen LogP contribution in [0.25, 0.3) is 11.0 Å². The number of methoxy groups -OCH3 is 1. The molecule has 0 aliphatic heterocycles. The zero-order valence-corrected chi connectivity index (χ0v) is 18.5. The molecule has 0 radical (unpaired) electrons. The number of halogens is 3. The molecule has 10 nitrogen and oxygen atoms in total. The van der Waals surface area contributed by atoms with Crippen molar-refractivity contribution >= 4 is 40.5 Å². The lowest BCUT2D eigenvalue weighted by Gasteiger charge is -2.24. The third-order valence-corrected chi connectivity index (χ3v) is 4.72. The number of fused-ring (bicyclic) bond motifs is 1. The molecule has 0 saturated carbocycles. The van der Waals surface area contributed by atoms with Gasteiger partial charge in [-0.15, -0.1) is 13.2 Å². The number of H-pyrrole nitrogens is 1. The van der Waals surface area contributed by atoms with Crippen molar-refractivity contribution in [2.75, 3.05) is 17.3 Å². The number of benzene rings is 3. The van der Waals surface area contributed by atoms with Crippen molar-refractivity contribution in [2.45, 2.75) is 6.36 Å². The number of amides is 3. The van der Waals surface area contributed by atoms with E-state index in [1.165, 1.54) is 37.4 Å². The first-order valence-corrected chi connectivity index (χ1v) is 10.2. The van der Waals surface area contributed by atoms with Gasteiger partial charge in [0.1, 0.15) is 11.5 Å². The quantitative estimate of drug-likeness (QED) is 0.313. The topological polar surface area (TPSA) is 132 Å². The molecular weight excluding hydrogens is 483 g/mol. The maximum atomic E-state index is 12.9. The largest absolute Gasteiger partial charge is 0.573 e. The predicted octanol–water partition coefficient (Wildman–Crippen LogP) is 5.65. The lowest BCUT2D eigenvalue weighted by molar-refractivity contribution is -0.274. The number of aromatic nitrogens is 2. The first-order valence-electron chi connectivity index (χ1n) is 10.2. The average Bonchev–Trinajstić information content (AvgIpc) is 3.21. The van der Waals surface area contributed by atoms with Crippen LogP contribution in [0.1, 0.15) is 0 Å². The zero-order valence-electron chi connectivity index (χ0n) is 18.5. The molecule has 4 N–H and O–H groups in total. The van der Waals surface area contributed by atoms with Gasteiger partial charge < -0.3 is 24.9 Å². The molecule has 0 unspecified atom stereocenters. The highest BCUT2D eigenvalue weighted by molar-refractivity contribution is 6.00. The van der Waals surface area contributed by atoms with Gasteiger partial charge in [0, 0.05) is 12.1 Å². The average molecular weight is 501 g/mol. The Morgan fingerprint density at radius 3 is 2.50 bits per heavy atom. The molecule has 0 spiro atoms. The number of rotatable bonds is 6. The summed E-state index contributed by atoms with van der Waals surface area (Å²) in [6, 6.07) is 15.0. The molecule has 0 aliphatic rings. The first kappa shape index (κ1) is 24.2. The molecule has 0 bridgehead atoms. The second-order valence-corrected chi connectivity index (χ2v) is 7.17. The molecule has 1 aromatic heterocycles.